The number of benzene rings is 2. The predicted molar refractivity (Wildman–Crippen MR) is 91.3 cm³/mol. The van der Waals surface area contributed by atoms with Crippen molar-refractivity contribution in [1.29, 1.82) is 0 Å². The van der Waals surface area contributed by atoms with Gasteiger partial charge in [-0.3, -0.25) is 0 Å². The topological polar surface area (TPSA) is 28.3 Å². The highest BCUT2D eigenvalue weighted by Crippen LogP contribution is 2.18. The number of nitrogens with zero attached hydrogens (tertiary/aromatic N) is 1. The van der Waals surface area contributed by atoms with Gasteiger partial charge in [0.1, 0.15) is 5.75 Å². The van der Waals surface area contributed by atoms with E-state index in [-0.39, 0.29) is 0 Å². The van der Waals surface area contributed by atoms with Crippen molar-refractivity contribution in [2.75, 3.05) is 20.7 Å². The molecular weight excluding hydrogens is 272 g/mol. The van der Waals surface area contributed by atoms with E-state index in [0.717, 1.165) is 25.3 Å². The summed E-state index contributed by atoms with van der Waals surface area (Å²) in [5.74, 6) is 0.908. The van der Waals surface area contributed by atoms with Crippen molar-refractivity contribution in [2.45, 2.75) is 13.0 Å². The molecule has 0 bridgehead atoms. The lowest BCUT2D eigenvalue weighted by Gasteiger charge is -2.16. The van der Waals surface area contributed by atoms with E-state index in [9.17, 15) is 0 Å². The summed E-state index contributed by atoms with van der Waals surface area (Å²) >= 11 is 0. The Morgan fingerprint density at radius 2 is 1.82 bits per heavy atom. The molecule has 0 saturated carbocycles. The van der Waals surface area contributed by atoms with Gasteiger partial charge in [0, 0.05) is 30.2 Å². The molecular formula is C19H22N2O. The minimum absolute atomic E-state index is 0.908. The first-order chi connectivity index (χ1) is 10.8. The van der Waals surface area contributed by atoms with Gasteiger partial charge in [-0.15, -0.1) is 0 Å². The van der Waals surface area contributed by atoms with Gasteiger partial charge in [-0.2, -0.15) is 0 Å². The van der Waals surface area contributed by atoms with Gasteiger partial charge in [-0.25, -0.2) is 0 Å². The van der Waals surface area contributed by atoms with Crippen LogP contribution in [0.3, 0.4) is 0 Å². The molecule has 3 nitrogen and oxygen atoms in total. The van der Waals surface area contributed by atoms with E-state index in [4.69, 9.17) is 4.74 Å². The molecule has 114 valence electrons. The molecule has 3 aromatic rings. The number of para-hydroxylation sites is 1. The molecule has 22 heavy (non-hydrogen) atoms. The standard InChI is InChI=1S/C19H22N2O/c1-21(14-15-7-9-17(22-2)10-8-15)12-11-16-13-20-19-6-4-3-5-18(16)19/h3-10,13,20H,11-12,14H2,1-2H3. The highest BCUT2D eigenvalue weighted by molar-refractivity contribution is 5.83. The zero-order valence-electron chi connectivity index (χ0n) is 13.2. The largest absolute Gasteiger partial charge is 0.497 e. The van der Waals surface area contributed by atoms with E-state index in [1.54, 1.807) is 7.11 Å². The quantitative estimate of drug-likeness (QED) is 0.748. The van der Waals surface area contributed by atoms with Crippen LogP contribution in [-0.2, 0) is 13.0 Å². The lowest BCUT2D eigenvalue weighted by Crippen LogP contribution is -2.20. The minimum Gasteiger partial charge on any atom is -0.497 e. The van der Waals surface area contributed by atoms with E-state index < -0.39 is 0 Å². The van der Waals surface area contributed by atoms with Crippen LogP contribution in [0.4, 0.5) is 0 Å². The van der Waals surface area contributed by atoms with Crippen LogP contribution in [0.1, 0.15) is 11.1 Å². The van der Waals surface area contributed by atoms with Gasteiger partial charge in [0.05, 0.1) is 7.11 Å². The zero-order valence-corrected chi connectivity index (χ0v) is 13.2. The summed E-state index contributed by atoms with van der Waals surface area (Å²) in [5, 5.41) is 1.33. The number of ether oxygens (including phenoxy) is 1. The molecule has 0 fully saturated rings. The van der Waals surface area contributed by atoms with Crippen LogP contribution in [0.2, 0.25) is 0 Å². The summed E-state index contributed by atoms with van der Waals surface area (Å²) in [6.45, 7) is 1.99. The van der Waals surface area contributed by atoms with Crippen LogP contribution in [0.5, 0.6) is 5.75 Å². The number of hydrogen-bond acceptors (Lipinski definition) is 2. The van der Waals surface area contributed by atoms with E-state index in [1.807, 2.05) is 12.1 Å². The van der Waals surface area contributed by atoms with Crippen molar-refractivity contribution in [3.63, 3.8) is 0 Å². The molecule has 0 amide bonds. The van der Waals surface area contributed by atoms with Crippen LogP contribution >= 0.6 is 0 Å². The lowest BCUT2D eigenvalue weighted by atomic mass is 10.1. The lowest BCUT2D eigenvalue weighted by molar-refractivity contribution is 0.331. The molecule has 0 saturated heterocycles. The number of rotatable bonds is 6. The van der Waals surface area contributed by atoms with Crippen molar-refractivity contribution < 1.29 is 4.74 Å². The third kappa shape index (κ3) is 3.31. The fourth-order valence-corrected chi connectivity index (χ4v) is 2.77. The maximum atomic E-state index is 5.19. The summed E-state index contributed by atoms with van der Waals surface area (Å²) in [6.07, 6.45) is 3.18. The zero-order chi connectivity index (χ0) is 15.4. The maximum absolute atomic E-state index is 5.19. The molecule has 0 aliphatic heterocycles. The second-order valence-electron chi connectivity index (χ2n) is 5.70. The van der Waals surface area contributed by atoms with Gasteiger partial charge in [0.15, 0.2) is 0 Å². The van der Waals surface area contributed by atoms with Crippen LogP contribution in [0.15, 0.2) is 54.7 Å². The smallest absolute Gasteiger partial charge is 0.118 e. The van der Waals surface area contributed by atoms with Gasteiger partial charge in [-0.05, 0) is 42.8 Å². The Labute approximate surface area is 131 Å². The molecule has 3 rings (SSSR count). The van der Waals surface area contributed by atoms with Gasteiger partial charge < -0.3 is 14.6 Å². The summed E-state index contributed by atoms with van der Waals surface area (Å²) < 4.78 is 5.19. The van der Waals surface area contributed by atoms with Crippen LogP contribution in [-0.4, -0.2) is 30.6 Å². The molecule has 1 N–H and O–H groups in total. The van der Waals surface area contributed by atoms with E-state index in [1.165, 1.54) is 22.0 Å². The molecule has 1 heterocycles. The first-order valence-corrected chi connectivity index (χ1v) is 7.63. The Hall–Kier alpha value is -2.26. The normalized spacial score (nSPS) is 11.2. The Morgan fingerprint density at radius 3 is 2.59 bits per heavy atom. The molecule has 0 radical (unpaired) electrons. The number of likely N-dealkylation sites (N-methyl/N-ethyl adjacent to an activating group) is 1. The van der Waals surface area contributed by atoms with Crippen molar-refractivity contribution in [3.05, 3.63) is 65.9 Å². The number of aromatic amines is 1. The Bertz CT molecular complexity index is 731. The van der Waals surface area contributed by atoms with Crippen LogP contribution < -0.4 is 4.74 Å². The predicted octanol–water partition coefficient (Wildman–Crippen LogP) is 3.85. The summed E-state index contributed by atoms with van der Waals surface area (Å²) in [4.78, 5) is 5.69. The van der Waals surface area contributed by atoms with Crippen molar-refractivity contribution in [2.24, 2.45) is 0 Å². The molecule has 0 unspecified atom stereocenters. The first kappa shape index (κ1) is 14.7. The maximum Gasteiger partial charge on any atom is 0.118 e. The third-order valence-corrected chi connectivity index (χ3v) is 4.05. The van der Waals surface area contributed by atoms with E-state index >= 15 is 0 Å². The molecule has 3 heteroatoms. The molecule has 1 aromatic heterocycles. The van der Waals surface area contributed by atoms with Crippen LogP contribution in [0, 0.1) is 0 Å². The molecule has 2 aromatic carbocycles. The SMILES string of the molecule is COc1ccc(CN(C)CCc2c[nH]c3ccccc23)cc1. The molecule has 0 spiro atoms. The van der Waals surface area contributed by atoms with Crippen LogP contribution in [0.25, 0.3) is 10.9 Å². The molecule has 0 aliphatic rings. The molecule has 0 atom stereocenters. The number of methoxy groups -OCH3 is 1. The fourth-order valence-electron chi connectivity index (χ4n) is 2.77. The van der Waals surface area contributed by atoms with E-state index in [0.29, 0.717) is 0 Å². The van der Waals surface area contributed by atoms with Gasteiger partial charge in [0.25, 0.3) is 0 Å². The highest BCUT2D eigenvalue weighted by Gasteiger charge is 2.05. The van der Waals surface area contributed by atoms with Crippen molar-refractivity contribution in [3.8, 4) is 5.75 Å². The highest BCUT2D eigenvalue weighted by atomic mass is 16.5. The number of hydrogen-bond donors (Lipinski definition) is 1. The summed E-state index contributed by atoms with van der Waals surface area (Å²) in [7, 11) is 3.86. The third-order valence-electron chi connectivity index (χ3n) is 4.05. The van der Waals surface area contributed by atoms with Crippen molar-refractivity contribution >= 4 is 10.9 Å². The second-order valence-corrected chi connectivity index (χ2v) is 5.70. The molecule has 0 aliphatic carbocycles. The number of nitrogens with one attached hydrogen (secondary N) is 1. The average molecular weight is 294 g/mol. The van der Waals surface area contributed by atoms with E-state index in [2.05, 4.69) is 59.5 Å². The summed E-state index contributed by atoms with van der Waals surface area (Å²) in [6, 6.07) is 16.8. The van der Waals surface area contributed by atoms with Gasteiger partial charge in [-0.1, -0.05) is 30.3 Å². The van der Waals surface area contributed by atoms with Gasteiger partial charge in [0.2, 0.25) is 0 Å². The second kappa shape index (κ2) is 6.67. The fraction of sp³-hybridized carbons (Fsp3) is 0.263. The number of aromatic nitrogens is 1. The number of H-pyrrole nitrogens is 1. The Balaban J connectivity index is 1.58. The average Bonchev–Trinajstić information content (AvgIpc) is 2.97. The van der Waals surface area contributed by atoms with Gasteiger partial charge >= 0.3 is 0 Å². The summed E-state index contributed by atoms with van der Waals surface area (Å²) in [5.41, 5.74) is 3.91. The number of fused-ring (bicyclic) bond motifs is 1. The van der Waals surface area contributed by atoms with Crippen molar-refractivity contribution in [1.82, 2.24) is 9.88 Å². The monoisotopic (exact) mass is 294 g/mol. The minimum atomic E-state index is 0.908. The Kier molecular flexibility index (Phi) is 4.45. The first-order valence-electron chi connectivity index (χ1n) is 7.63. The Morgan fingerprint density at radius 1 is 1.05 bits per heavy atom.